The van der Waals surface area contributed by atoms with Gasteiger partial charge in [0, 0.05) is 29.3 Å². The molecule has 2 rings (SSSR count). The van der Waals surface area contributed by atoms with Crippen LogP contribution in [0.5, 0.6) is 0 Å². The number of halogens is 1. The van der Waals surface area contributed by atoms with Crippen LogP contribution in [0, 0.1) is 0 Å². The van der Waals surface area contributed by atoms with Gasteiger partial charge in [-0.25, -0.2) is 0 Å². The third-order valence-corrected chi connectivity index (χ3v) is 4.15. The predicted molar refractivity (Wildman–Crippen MR) is 89.8 cm³/mol. The first-order valence-corrected chi connectivity index (χ1v) is 7.70. The fraction of sp³-hybridized carbons (Fsp3) is 0.294. The van der Waals surface area contributed by atoms with E-state index < -0.39 is 0 Å². The SMILES string of the molecule is CC(C)N(Cc1ccccc1)c1ccc(CN)c(Br)c1. The molecule has 2 aromatic rings. The zero-order valence-corrected chi connectivity index (χ0v) is 13.6. The number of anilines is 1. The van der Waals surface area contributed by atoms with Crippen molar-refractivity contribution in [1.29, 1.82) is 0 Å². The maximum Gasteiger partial charge on any atom is 0.0432 e. The summed E-state index contributed by atoms with van der Waals surface area (Å²) in [5, 5.41) is 0. The second-order valence-electron chi connectivity index (χ2n) is 5.19. The van der Waals surface area contributed by atoms with Gasteiger partial charge in [-0.05, 0) is 37.1 Å². The van der Waals surface area contributed by atoms with Gasteiger partial charge in [0.25, 0.3) is 0 Å². The molecule has 0 heterocycles. The monoisotopic (exact) mass is 332 g/mol. The van der Waals surface area contributed by atoms with Crippen LogP contribution in [0.15, 0.2) is 53.0 Å². The van der Waals surface area contributed by atoms with Gasteiger partial charge in [-0.15, -0.1) is 0 Å². The molecule has 3 heteroatoms. The zero-order valence-electron chi connectivity index (χ0n) is 12.0. The number of nitrogens with two attached hydrogens (primary N) is 1. The molecule has 20 heavy (non-hydrogen) atoms. The molecule has 0 fully saturated rings. The van der Waals surface area contributed by atoms with E-state index in [-0.39, 0.29) is 0 Å². The maximum atomic E-state index is 5.72. The molecule has 0 spiro atoms. The lowest BCUT2D eigenvalue weighted by Crippen LogP contribution is -2.30. The first-order chi connectivity index (χ1) is 9.61. The number of rotatable bonds is 5. The van der Waals surface area contributed by atoms with E-state index in [4.69, 9.17) is 5.73 Å². The van der Waals surface area contributed by atoms with Crippen molar-refractivity contribution in [3.05, 3.63) is 64.1 Å². The lowest BCUT2D eigenvalue weighted by molar-refractivity contribution is 0.682. The molecule has 0 aliphatic heterocycles. The molecule has 0 amide bonds. The molecule has 0 radical (unpaired) electrons. The van der Waals surface area contributed by atoms with E-state index in [1.54, 1.807) is 0 Å². The molecule has 2 N–H and O–H groups in total. The molecule has 0 saturated carbocycles. The quantitative estimate of drug-likeness (QED) is 0.883. The minimum atomic E-state index is 0.436. The Bertz CT molecular complexity index is 552. The van der Waals surface area contributed by atoms with E-state index in [0.717, 1.165) is 16.6 Å². The van der Waals surface area contributed by atoms with Crippen molar-refractivity contribution in [2.75, 3.05) is 4.90 Å². The summed E-state index contributed by atoms with van der Waals surface area (Å²) in [4.78, 5) is 2.39. The normalized spacial score (nSPS) is 10.8. The molecule has 0 unspecified atom stereocenters. The van der Waals surface area contributed by atoms with Crippen LogP contribution >= 0.6 is 15.9 Å². The largest absolute Gasteiger partial charge is 0.365 e. The van der Waals surface area contributed by atoms with Crippen molar-refractivity contribution in [3.8, 4) is 0 Å². The second-order valence-corrected chi connectivity index (χ2v) is 6.04. The van der Waals surface area contributed by atoms with E-state index in [1.165, 1.54) is 11.3 Å². The second kappa shape index (κ2) is 6.91. The summed E-state index contributed by atoms with van der Waals surface area (Å²) in [6.07, 6.45) is 0. The maximum absolute atomic E-state index is 5.72. The fourth-order valence-corrected chi connectivity index (χ4v) is 2.76. The minimum absolute atomic E-state index is 0.436. The highest BCUT2D eigenvalue weighted by molar-refractivity contribution is 9.10. The van der Waals surface area contributed by atoms with Crippen molar-refractivity contribution in [2.24, 2.45) is 5.73 Å². The summed E-state index contributed by atoms with van der Waals surface area (Å²) in [5.74, 6) is 0. The third kappa shape index (κ3) is 3.62. The van der Waals surface area contributed by atoms with Crippen molar-refractivity contribution in [2.45, 2.75) is 33.0 Å². The van der Waals surface area contributed by atoms with Gasteiger partial charge in [-0.2, -0.15) is 0 Å². The van der Waals surface area contributed by atoms with E-state index >= 15 is 0 Å². The van der Waals surface area contributed by atoms with E-state index in [9.17, 15) is 0 Å². The molecule has 2 nitrogen and oxygen atoms in total. The lowest BCUT2D eigenvalue weighted by atomic mass is 10.1. The van der Waals surface area contributed by atoms with Gasteiger partial charge in [0.15, 0.2) is 0 Å². The first-order valence-electron chi connectivity index (χ1n) is 6.91. The Kier molecular flexibility index (Phi) is 5.21. The number of hydrogen-bond acceptors (Lipinski definition) is 2. The number of nitrogens with zero attached hydrogens (tertiary/aromatic N) is 1. The molecule has 0 saturated heterocycles. The Hall–Kier alpha value is -1.32. The van der Waals surface area contributed by atoms with Gasteiger partial charge in [-0.1, -0.05) is 52.3 Å². The molecular weight excluding hydrogens is 312 g/mol. The summed E-state index contributed by atoms with van der Waals surface area (Å²) in [6.45, 7) is 5.90. The summed E-state index contributed by atoms with van der Waals surface area (Å²) < 4.78 is 1.08. The molecule has 106 valence electrons. The van der Waals surface area contributed by atoms with Gasteiger partial charge < -0.3 is 10.6 Å². The Labute approximate surface area is 129 Å². The molecule has 0 aliphatic rings. The fourth-order valence-electron chi connectivity index (χ4n) is 2.23. The Morgan fingerprint density at radius 3 is 2.35 bits per heavy atom. The van der Waals surface area contributed by atoms with Crippen LogP contribution in [-0.4, -0.2) is 6.04 Å². The Balaban J connectivity index is 2.27. The highest BCUT2D eigenvalue weighted by Gasteiger charge is 2.12. The van der Waals surface area contributed by atoms with Crippen LogP contribution in [0.1, 0.15) is 25.0 Å². The standard InChI is InChI=1S/C17H21BrN2/c1-13(2)20(12-14-6-4-3-5-7-14)16-9-8-15(11-19)17(18)10-16/h3-10,13H,11-12,19H2,1-2H3. The number of benzene rings is 2. The topological polar surface area (TPSA) is 29.3 Å². The van der Waals surface area contributed by atoms with Crippen molar-refractivity contribution in [1.82, 2.24) is 0 Å². The highest BCUT2D eigenvalue weighted by Crippen LogP contribution is 2.26. The van der Waals surface area contributed by atoms with Crippen molar-refractivity contribution in [3.63, 3.8) is 0 Å². The van der Waals surface area contributed by atoms with Crippen LogP contribution in [0.3, 0.4) is 0 Å². The predicted octanol–water partition coefficient (Wildman–Crippen LogP) is 4.32. The van der Waals surface area contributed by atoms with Gasteiger partial charge in [0.2, 0.25) is 0 Å². The van der Waals surface area contributed by atoms with Crippen LogP contribution in [-0.2, 0) is 13.1 Å². The van der Waals surface area contributed by atoms with E-state index in [1.807, 2.05) is 0 Å². The van der Waals surface area contributed by atoms with Gasteiger partial charge in [0.1, 0.15) is 0 Å². The molecule has 0 atom stereocenters. The minimum Gasteiger partial charge on any atom is -0.365 e. The van der Waals surface area contributed by atoms with Crippen LogP contribution in [0.4, 0.5) is 5.69 Å². The first kappa shape index (κ1) is 15.1. The number of hydrogen-bond donors (Lipinski definition) is 1. The summed E-state index contributed by atoms with van der Waals surface area (Å²) in [6, 6.07) is 17.4. The summed E-state index contributed by atoms with van der Waals surface area (Å²) in [5.41, 5.74) is 9.39. The molecule has 0 aromatic heterocycles. The van der Waals surface area contributed by atoms with E-state index in [0.29, 0.717) is 12.6 Å². The van der Waals surface area contributed by atoms with Crippen LogP contribution in [0.2, 0.25) is 0 Å². The van der Waals surface area contributed by atoms with Crippen LogP contribution in [0.25, 0.3) is 0 Å². The molecule has 0 aliphatic carbocycles. The lowest BCUT2D eigenvalue weighted by Gasteiger charge is -2.29. The van der Waals surface area contributed by atoms with Crippen LogP contribution < -0.4 is 10.6 Å². The Morgan fingerprint density at radius 2 is 1.80 bits per heavy atom. The molecule has 2 aromatic carbocycles. The average Bonchev–Trinajstić information content (AvgIpc) is 2.45. The third-order valence-electron chi connectivity index (χ3n) is 3.41. The van der Waals surface area contributed by atoms with Gasteiger partial charge in [0.05, 0.1) is 0 Å². The summed E-state index contributed by atoms with van der Waals surface area (Å²) in [7, 11) is 0. The summed E-state index contributed by atoms with van der Waals surface area (Å²) >= 11 is 3.60. The smallest absolute Gasteiger partial charge is 0.0432 e. The molecular formula is C17H21BrN2. The highest BCUT2D eigenvalue weighted by atomic mass is 79.9. The molecule has 0 bridgehead atoms. The Morgan fingerprint density at radius 1 is 1.10 bits per heavy atom. The zero-order chi connectivity index (χ0) is 14.5. The van der Waals surface area contributed by atoms with E-state index in [2.05, 4.69) is 83.2 Å². The van der Waals surface area contributed by atoms with Gasteiger partial charge >= 0.3 is 0 Å². The average molecular weight is 333 g/mol. The van der Waals surface area contributed by atoms with Crippen molar-refractivity contribution < 1.29 is 0 Å². The van der Waals surface area contributed by atoms with Gasteiger partial charge in [-0.3, -0.25) is 0 Å². The van der Waals surface area contributed by atoms with Crippen molar-refractivity contribution >= 4 is 21.6 Å².